The number of hydrogen-bond donors (Lipinski definition) is 1. The molecule has 1 aromatic heterocycles. The Labute approximate surface area is 180 Å². The molecule has 0 radical (unpaired) electrons. The predicted octanol–water partition coefficient (Wildman–Crippen LogP) is 3.87. The van der Waals surface area contributed by atoms with E-state index in [0.29, 0.717) is 41.1 Å². The second-order valence-electron chi connectivity index (χ2n) is 7.58. The first-order valence-electron chi connectivity index (χ1n) is 10.2. The highest BCUT2D eigenvalue weighted by Gasteiger charge is 2.20. The molecule has 0 saturated carbocycles. The van der Waals surface area contributed by atoms with Crippen molar-refractivity contribution in [2.45, 2.75) is 19.9 Å². The summed E-state index contributed by atoms with van der Waals surface area (Å²) in [6.07, 6.45) is 1.71. The number of nitrogens with zero attached hydrogens (tertiary/aromatic N) is 3. The maximum atomic E-state index is 14.0. The van der Waals surface area contributed by atoms with Gasteiger partial charge < -0.3 is 19.7 Å². The van der Waals surface area contributed by atoms with E-state index in [9.17, 15) is 9.18 Å². The molecular formula is C23H25FN4O3. The van der Waals surface area contributed by atoms with Crippen LogP contribution in [-0.4, -0.2) is 49.4 Å². The molecule has 3 aromatic rings. The summed E-state index contributed by atoms with van der Waals surface area (Å²) >= 11 is 0. The Morgan fingerprint density at radius 2 is 2.03 bits per heavy atom. The van der Waals surface area contributed by atoms with Gasteiger partial charge in [-0.15, -0.1) is 0 Å². The van der Waals surface area contributed by atoms with E-state index in [4.69, 9.17) is 14.5 Å². The zero-order valence-corrected chi connectivity index (χ0v) is 17.8. The lowest BCUT2D eigenvalue weighted by Gasteiger charge is -2.28. The molecule has 0 aliphatic carbocycles. The molecule has 1 saturated heterocycles. The number of hydrogen-bond acceptors (Lipinski definition) is 7. The van der Waals surface area contributed by atoms with Crippen molar-refractivity contribution in [3.05, 3.63) is 59.0 Å². The summed E-state index contributed by atoms with van der Waals surface area (Å²) in [4.78, 5) is 23.8. The third-order valence-corrected chi connectivity index (χ3v) is 5.44. The Balaban J connectivity index is 1.76. The number of ether oxygens (including phenoxy) is 2. The first-order valence-corrected chi connectivity index (χ1v) is 10.2. The van der Waals surface area contributed by atoms with E-state index in [0.717, 1.165) is 24.5 Å². The maximum Gasteiger partial charge on any atom is 0.337 e. The van der Waals surface area contributed by atoms with E-state index < -0.39 is 5.97 Å². The predicted molar refractivity (Wildman–Crippen MR) is 117 cm³/mol. The zero-order chi connectivity index (χ0) is 22.0. The summed E-state index contributed by atoms with van der Waals surface area (Å²) in [5.74, 6) is 0.0343. The standard InChI is InChI=1S/C23H25FN4O3/c1-14-4-5-17(12-19(14)24)26-15(2)18-10-16(23(29)30-3)11-20-22(18)27-21(13-25-20)28-6-8-31-9-7-28/h4-5,10-13,15,26H,6-9H2,1-3H3. The van der Waals surface area contributed by atoms with Crippen molar-refractivity contribution in [2.75, 3.05) is 43.6 Å². The summed E-state index contributed by atoms with van der Waals surface area (Å²) < 4.78 is 24.4. The van der Waals surface area contributed by atoms with E-state index in [1.165, 1.54) is 13.2 Å². The van der Waals surface area contributed by atoms with Crippen LogP contribution in [-0.2, 0) is 9.47 Å². The maximum absolute atomic E-state index is 14.0. The molecule has 0 bridgehead atoms. The van der Waals surface area contributed by atoms with Crippen molar-refractivity contribution < 1.29 is 18.7 Å². The number of esters is 1. The smallest absolute Gasteiger partial charge is 0.337 e. The van der Waals surface area contributed by atoms with E-state index in [-0.39, 0.29) is 11.9 Å². The molecular weight excluding hydrogens is 399 g/mol. The summed E-state index contributed by atoms with van der Waals surface area (Å²) in [5, 5.41) is 3.31. The average Bonchev–Trinajstić information content (AvgIpc) is 2.80. The number of carbonyl (C=O) groups is 1. The molecule has 0 spiro atoms. The average molecular weight is 424 g/mol. The van der Waals surface area contributed by atoms with Crippen LogP contribution in [0.4, 0.5) is 15.9 Å². The summed E-state index contributed by atoms with van der Waals surface area (Å²) in [5.41, 5.74) is 3.67. The third-order valence-electron chi connectivity index (χ3n) is 5.44. The van der Waals surface area contributed by atoms with Gasteiger partial charge in [0.2, 0.25) is 0 Å². The minimum absolute atomic E-state index is 0.261. The van der Waals surface area contributed by atoms with Crippen LogP contribution in [0, 0.1) is 12.7 Å². The molecule has 7 nitrogen and oxygen atoms in total. The number of methoxy groups -OCH3 is 1. The van der Waals surface area contributed by atoms with Crippen LogP contribution in [0.1, 0.15) is 34.5 Å². The second kappa shape index (κ2) is 8.85. The van der Waals surface area contributed by atoms with Gasteiger partial charge in [-0.2, -0.15) is 0 Å². The van der Waals surface area contributed by atoms with Gasteiger partial charge in [-0.25, -0.2) is 14.2 Å². The Morgan fingerprint density at radius 3 is 2.74 bits per heavy atom. The molecule has 1 aliphatic rings. The number of rotatable bonds is 5. The Bertz CT molecular complexity index is 1120. The van der Waals surface area contributed by atoms with Gasteiger partial charge in [-0.3, -0.25) is 4.98 Å². The Hall–Kier alpha value is -3.26. The van der Waals surface area contributed by atoms with Crippen LogP contribution in [0.3, 0.4) is 0 Å². The highest BCUT2D eigenvalue weighted by atomic mass is 19.1. The van der Waals surface area contributed by atoms with Gasteiger partial charge in [-0.1, -0.05) is 6.07 Å². The van der Waals surface area contributed by atoms with Crippen LogP contribution < -0.4 is 10.2 Å². The van der Waals surface area contributed by atoms with Crippen LogP contribution in [0.25, 0.3) is 11.0 Å². The van der Waals surface area contributed by atoms with E-state index in [1.807, 2.05) is 13.0 Å². The Kier molecular flexibility index (Phi) is 5.99. The number of aromatic nitrogens is 2. The third kappa shape index (κ3) is 4.44. The number of anilines is 2. The highest BCUT2D eigenvalue weighted by Crippen LogP contribution is 2.29. The molecule has 162 valence electrons. The lowest BCUT2D eigenvalue weighted by molar-refractivity contribution is 0.0600. The largest absolute Gasteiger partial charge is 0.465 e. The number of aryl methyl sites for hydroxylation is 1. The lowest BCUT2D eigenvalue weighted by atomic mass is 10.0. The van der Waals surface area contributed by atoms with Crippen molar-refractivity contribution in [1.82, 2.24) is 9.97 Å². The molecule has 1 aliphatic heterocycles. The summed E-state index contributed by atoms with van der Waals surface area (Å²) in [7, 11) is 1.34. The number of carbonyl (C=O) groups excluding carboxylic acids is 1. The molecule has 31 heavy (non-hydrogen) atoms. The summed E-state index contributed by atoms with van der Waals surface area (Å²) in [6.45, 7) is 6.43. The number of nitrogens with one attached hydrogen (secondary N) is 1. The zero-order valence-electron chi connectivity index (χ0n) is 17.8. The van der Waals surface area contributed by atoms with Crippen molar-refractivity contribution in [3.63, 3.8) is 0 Å². The quantitative estimate of drug-likeness (QED) is 0.623. The monoisotopic (exact) mass is 424 g/mol. The minimum atomic E-state index is -0.448. The fraction of sp³-hybridized carbons (Fsp3) is 0.348. The number of morpholine rings is 1. The molecule has 4 rings (SSSR count). The normalized spacial score (nSPS) is 15.0. The van der Waals surface area contributed by atoms with Gasteiger partial charge in [0.15, 0.2) is 0 Å². The first-order chi connectivity index (χ1) is 15.0. The molecule has 0 amide bonds. The fourth-order valence-corrected chi connectivity index (χ4v) is 3.65. The number of fused-ring (bicyclic) bond motifs is 1. The van der Waals surface area contributed by atoms with Gasteiger partial charge in [0.05, 0.1) is 49.2 Å². The molecule has 2 heterocycles. The van der Waals surface area contributed by atoms with Crippen molar-refractivity contribution in [2.24, 2.45) is 0 Å². The Morgan fingerprint density at radius 1 is 1.26 bits per heavy atom. The number of halogens is 1. The molecule has 1 atom stereocenters. The van der Waals surface area contributed by atoms with Crippen molar-refractivity contribution in [3.8, 4) is 0 Å². The second-order valence-corrected chi connectivity index (χ2v) is 7.58. The molecule has 1 unspecified atom stereocenters. The van der Waals surface area contributed by atoms with Crippen LogP contribution >= 0.6 is 0 Å². The number of benzene rings is 2. The topological polar surface area (TPSA) is 76.6 Å². The van der Waals surface area contributed by atoms with Gasteiger partial charge in [-0.05, 0) is 43.7 Å². The fourth-order valence-electron chi connectivity index (χ4n) is 3.65. The van der Waals surface area contributed by atoms with E-state index >= 15 is 0 Å². The van der Waals surface area contributed by atoms with Crippen LogP contribution in [0.2, 0.25) is 0 Å². The first kappa shape index (κ1) is 21.0. The molecule has 8 heteroatoms. The van der Waals surface area contributed by atoms with Crippen LogP contribution in [0.5, 0.6) is 0 Å². The highest BCUT2D eigenvalue weighted by molar-refractivity contribution is 5.95. The van der Waals surface area contributed by atoms with E-state index in [1.54, 1.807) is 31.3 Å². The van der Waals surface area contributed by atoms with Crippen molar-refractivity contribution in [1.29, 1.82) is 0 Å². The molecule has 1 N–H and O–H groups in total. The lowest BCUT2D eigenvalue weighted by Crippen LogP contribution is -2.36. The van der Waals surface area contributed by atoms with E-state index in [2.05, 4.69) is 15.2 Å². The SMILES string of the molecule is COC(=O)c1cc(C(C)Nc2ccc(C)c(F)c2)c2nc(N3CCOCC3)cnc2c1. The van der Waals surface area contributed by atoms with Crippen LogP contribution in [0.15, 0.2) is 36.5 Å². The van der Waals surface area contributed by atoms with Crippen molar-refractivity contribution >= 4 is 28.5 Å². The molecule has 2 aromatic carbocycles. The van der Waals surface area contributed by atoms with Gasteiger partial charge in [0, 0.05) is 24.3 Å². The summed E-state index contributed by atoms with van der Waals surface area (Å²) in [6, 6.07) is 8.19. The molecule has 1 fully saturated rings. The van der Waals surface area contributed by atoms with Gasteiger partial charge >= 0.3 is 5.97 Å². The minimum Gasteiger partial charge on any atom is -0.465 e. The van der Waals surface area contributed by atoms with Gasteiger partial charge in [0.25, 0.3) is 0 Å². The van der Waals surface area contributed by atoms with Gasteiger partial charge in [0.1, 0.15) is 11.6 Å².